The zero-order chi connectivity index (χ0) is 30.3. The molecule has 0 radical (unpaired) electrons. The maximum atomic E-state index is 14.6. The van der Waals surface area contributed by atoms with E-state index in [0.717, 1.165) is 48.3 Å². The van der Waals surface area contributed by atoms with Gasteiger partial charge in [-0.3, -0.25) is 19.3 Å². The van der Waals surface area contributed by atoms with Crippen LogP contribution >= 0.6 is 39.1 Å². The first kappa shape index (κ1) is 28.3. The molecule has 3 amide bonds. The van der Waals surface area contributed by atoms with Crippen molar-refractivity contribution in [3.63, 3.8) is 0 Å². The number of amides is 3. The number of carbonyl (C=O) groups excluding carboxylic acids is 3. The number of halogens is 3. The molecule has 1 N–H and O–H groups in total. The van der Waals surface area contributed by atoms with Crippen LogP contribution in [0.25, 0.3) is 0 Å². The molecule has 3 aliphatic carbocycles. The molecule has 8 heteroatoms. The number of likely N-dealkylation sites (tertiary alicyclic amines) is 1. The van der Waals surface area contributed by atoms with Crippen molar-refractivity contribution >= 4 is 62.5 Å². The Morgan fingerprint density at radius 3 is 1.72 bits per heavy atom. The molecule has 5 nitrogen and oxygen atoms in total. The normalized spacial score (nSPS) is 25.7. The average molecular weight is 674 g/mol. The highest BCUT2D eigenvalue weighted by atomic mass is 79.9. The summed E-state index contributed by atoms with van der Waals surface area (Å²) in [5, 5.41) is 3.02. The van der Waals surface area contributed by atoms with Crippen molar-refractivity contribution in [2.45, 2.75) is 36.1 Å². The number of alkyl halides is 2. The third-order valence-electron chi connectivity index (χ3n) is 9.48. The molecule has 4 aromatic carbocycles. The molecule has 0 saturated carbocycles. The molecular formula is C35H27BrCl2N2O3. The van der Waals surface area contributed by atoms with Gasteiger partial charge in [0.25, 0.3) is 0 Å². The molecule has 1 fully saturated rings. The molecule has 2 bridgehead atoms. The summed E-state index contributed by atoms with van der Waals surface area (Å²) in [5.74, 6) is -3.39. The zero-order valence-corrected chi connectivity index (χ0v) is 26.5. The van der Waals surface area contributed by atoms with Gasteiger partial charge in [-0.1, -0.05) is 94.8 Å². The fourth-order valence-electron chi connectivity index (χ4n) is 7.27. The third-order valence-corrected chi connectivity index (χ3v) is 11.6. The largest absolute Gasteiger partial charge is 0.324 e. The molecule has 1 heterocycles. The van der Waals surface area contributed by atoms with Gasteiger partial charge >= 0.3 is 0 Å². The minimum absolute atomic E-state index is 0.141. The Balaban J connectivity index is 1.36. The van der Waals surface area contributed by atoms with Gasteiger partial charge < -0.3 is 5.32 Å². The van der Waals surface area contributed by atoms with E-state index in [1.54, 1.807) is 0 Å². The summed E-state index contributed by atoms with van der Waals surface area (Å²) in [6.07, 6.45) is 0.141. The number of nitrogens with zero attached hydrogens (tertiary/aromatic N) is 1. The smallest absolute Gasteiger partial charge is 0.248 e. The van der Waals surface area contributed by atoms with Gasteiger partial charge in [-0.15, -0.1) is 23.2 Å². The summed E-state index contributed by atoms with van der Waals surface area (Å²) in [7, 11) is 0. The standard InChI is InChI=1S/C35H27BrCl2N2O3/c1-19-20(2)27(17-16-26(19)36)39-31(41)28(18-21-10-4-3-5-11-21)40-32(42)29-30(33(40)43)35(38)23-13-7-6-12-22(23)34(29,37)24-14-8-9-15-25(24)35/h3-17,28-30H,18H2,1-2H3,(H,39,41)/t28-,29-,30+,34?,35?/m0/s1. The molecule has 4 aromatic rings. The summed E-state index contributed by atoms with van der Waals surface area (Å²) >= 11 is 18.8. The number of hydrogen-bond donors (Lipinski definition) is 1. The number of hydrogen-bond acceptors (Lipinski definition) is 3. The lowest BCUT2D eigenvalue weighted by molar-refractivity contribution is -0.146. The molecule has 1 aliphatic heterocycles. The molecule has 216 valence electrons. The van der Waals surface area contributed by atoms with Crippen LogP contribution in [0.5, 0.6) is 0 Å². The van der Waals surface area contributed by atoms with Gasteiger partial charge in [0, 0.05) is 16.6 Å². The molecule has 0 unspecified atom stereocenters. The Bertz CT molecular complexity index is 1720. The second kappa shape index (κ2) is 10.0. The number of carbonyl (C=O) groups is 3. The Morgan fingerprint density at radius 1 is 0.767 bits per heavy atom. The number of imide groups is 1. The Hall–Kier alpha value is -3.45. The van der Waals surface area contributed by atoms with E-state index in [2.05, 4.69) is 21.2 Å². The Morgan fingerprint density at radius 2 is 1.23 bits per heavy atom. The summed E-state index contributed by atoms with van der Waals surface area (Å²) in [5.41, 5.74) is 6.19. The van der Waals surface area contributed by atoms with E-state index in [1.165, 1.54) is 0 Å². The molecule has 0 spiro atoms. The maximum Gasteiger partial charge on any atom is 0.248 e. The zero-order valence-electron chi connectivity index (χ0n) is 23.4. The Labute approximate surface area is 268 Å². The quantitative estimate of drug-likeness (QED) is 0.180. The second-order valence-electron chi connectivity index (χ2n) is 11.6. The van der Waals surface area contributed by atoms with Crippen LogP contribution in [0.3, 0.4) is 0 Å². The number of anilines is 1. The van der Waals surface area contributed by atoms with E-state index in [-0.39, 0.29) is 6.42 Å². The minimum Gasteiger partial charge on any atom is -0.324 e. The van der Waals surface area contributed by atoms with E-state index in [9.17, 15) is 14.4 Å². The highest BCUT2D eigenvalue weighted by Crippen LogP contribution is 2.69. The first-order valence-electron chi connectivity index (χ1n) is 14.1. The molecule has 3 atom stereocenters. The second-order valence-corrected chi connectivity index (χ2v) is 13.6. The Kier molecular flexibility index (Phi) is 6.62. The number of rotatable bonds is 5. The van der Waals surface area contributed by atoms with E-state index in [0.29, 0.717) is 5.69 Å². The van der Waals surface area contributed by atoms with E-state index in [1.807, 2.05) is 105 Å². The maximum absolute atomic E-state index is 14.6. The molecule has 43 heavy (non-hydrogen) atoms. The highest BCUT2D eigenvalue weighted by Gasteiger charge is 2.73. The van der Waals surface area contributed by atoms with Gasteiger partial charge in [-0.25, -0.2) is 0 Å². The van der Waals surface area contributed by atoms with Crippen molar-refractivity contribution in [3.05, 3.63) is 134 Å². The summed E-state index contributed by atoms with van der Waals surface area (Å²) < 4.78 is 0.923. The monoisotopic (exact) mass is 672 g/mol. The van der Waals surface area contributed by atoms with E-state index < -0.39 is 45.3 Å². The molecular weight excluding hydrogens is 647 g/mol. The van der Waals surface area contributed by atoms with Crippen LogP contribution in [0.15, 0.2) is 95.5 Å². The van der Waals surface area contributed by atoms with Crippen LogP contribution in [-0.4, -0.2) is 28.7 Å². The van der Waals surface area contributed by atoms with Gasteiger partial charge in [0.15, 0.2) is 0 Å². The van der Waals surface area contributed by atoms with Crippen LogP contribution in [0.4, 0.5) is 5.69 Å². The van der Waals surface area contributed by atoms with Crippen LogP contribution in [0.2, 0.25) is 0 Å². The lowest BCUT2D eigenvalue weighted by atomic mass is 9.54. The number of nitrogens with one attached hydrogen (secondary N) is 1. The lowest BCUT2D eigenvalue weighted by Crippen LogP contribution is -2.57. The van der Waals surface area contributed by atoms with E-state index >= 15 is 0 Å². The molecule has 1 saturated heterocycles. The summed E-state index contributed by atoms with van der Waals surface area (Å²) in [6.45, 7) is 3.88. The average Bonchev–Trinajstić information content (AvgIpc) is 3.30. The molecule has 8 rings (SSSR count). The van der Waals surface area contributed by atoms with Gasteiger partial charge in [0.1, 0.15) is 15.8 Å². The van der Waals surface area contributed by atoms with Crippen molar-refractivity contribution < 1.29 is 14.4 Å². The fraction of sp³-hybridized carbons (Fsp3) is 0.229. The van der Waals surface area contributed by atoms with Gasteiger partial charge in [0.05, 0.1) is 11.8 Å². The highest BCUT2D eigenvalue weighted by molar-refractivity contribution is 9.10. The number of benzene rings is 4. The predicted molar refractivity (Wildman–Crippen MR) is 171 cm³/mol. The van der Waals surface area contributed by atoms with Crippen molar-refractivity contribution in [3.8, 4) is 0 Å². The van der Waals surface area contributed by atoms with Crippen molar-refractivity contribution in [2.24, 2.45) is 11.8 Å². The lowest BCUT2D eigenvalue weighted by Gasteiger charge is -2.54. The topological polar surface area (TPSA) is 66.5 Å². The minimum atomic E-state index is -1.32. The van der Waals surface area contributed by atoms with Crippen LogP contribution in [0, 0.1) is 25.7 Å². The van der Waals surface area contributed by atoms with Gasteiger partial charge in [-0.05, 0) is 64.9 Å². The first-order valence-corrected chi connectivity index (χ1v) is 15.7. The fourth-order valence-corrected chi connectivity index (χ4v) is 8.80. The van der Waals surface area contributed by atoms with Crippen molar-refractivity contribution in [1.82, 2.24) is 4.90 Å². The molecule has 4 aliphatic rings. The third kappa shape index (κ3) is 3.86. The van der Waals surface area contributed by atoms with Crippen molar-refractivity contribution in [2.75, 3.05) is 5.32 Å². The van der Waals surface area contributed by atoms with Crippen LogP contribution < -0.4 is 5.32 Å². The van der Waals surface area contributed by atoms with Crippen LogP contribution in [-0.2, 0) is 30.6 Å². The predicted octanol–water partition coefficient (Wildman–Crippen LogP) is 7.21. The van der Waals surface area contributed by atoms with Gasteiger partial charge in [-0.2, -0.15) is 0 Å². The van der Waals surface area contributed by atoms with Gasteiger partial charge in [0.2, 0.25) is 17.7 Å². The first-order chi connectivity index (χ1) is 20.6. The van der Waals surface area contributed by atoms with Crippen LogP contribution in [0.1, 0.15) is 38.9 Å². The summed E-state index contributed by atoms with van der Waals surface area (Å²) in [6, 6.07) is 27.0. The molecule has 0 aromatic heterocycles. The van der Waals surface area contributed by atoms with Crippen molar-refractivity contribution in [1.29, 1.82) is 0 Å². The summed E-state index contributed by atoms with van der Waals surface area (Å²) in [4.78, 5) is 42.0. The van der Waals surface area contributed by atoms with E-state index in [4.69, 9.17) is 23.2 Å². The SMILES string of the molecule is Cc1c(Br)ccc(NC(=O)[C@H](Cc2ccccc2)N2C(=O)[C@@H]3[C@H](C2=O)C2(Cl)c4ccccc4C3(Cl)c3ccccc32)c1C.